The van der Waals surface area contributed by atoms with Crippen molar-refractivity contribution in [1.82, 2.24) is 10.3 Å². The highest BCUT2D eigenvalue weighted by Crippen LogP contribution is 2.03. The van der Waals surface area contributed by atoms with Crippen LogP contribution in [0.4, 0.5) is 0 Å². The van der Waals surface area contributed by atoms with E-state index in [2.05, 4.69) is 10.3 Å². The number of carbonyl (C=O) groups excluding carboxylic acids is 1. The van der Waals surface area contributed by atoms with Crippen LogP contribution in [0.15, 0.2) is 47.4 Å². The molecule has 1 atom stereocenters. The second-order valence-electron chi connectivity index (χ2n) is 4.92. The number of aryl methyl sites for hydroxylation is 1. The SMILES string of the molecule is Cc1cc[nH]c(=O)c1C(=O)NCC(O)Cc1ccccc1. The van der Waals surface area contributed by atoms with Gasteiger partial charge in [0.25, 0.3) is 11.5 Å². The van der Waals surface area contributed by atoms with Gasteiger partial charge in [-0.05, 0) is 24.1 Å². The Morgan fingerprint density at radius 1 is 1.29 bits per heavy atom. The minimum atomic E-state index is -0.695. The normalized spacial score (nSPS) is 11.9. The average molecular weight is 286 g/mol. The molecular formula is C16H18N2O3. The Morgan fingerprint density at radius 3 is 2.67 bits per heavy atom. The smallest absolute Gasteiger partial charge is 0.261 e. The van der Waals surface area contributed by atoms with Crippen LogP contribution < -0.4 is 10.9 Å². The number of hydrogen-bond donors (Lipinski definition) is 3. The van der Waals surface area contributed by atoms with Gasteiger partial charge in [0.1, 0.15) is 5.56 Å². The average Bonchev–Trinajstić information content (AvgIpc) is 2.46. The number of hydrogen-bond acceptors (Lipinski definition) is 3. The molecule has 0 saturated heterocycles. The Balaban J connectivity index is 1.94. The Bertz CT molecular complexity index is 665. The molecule has 5 nitrogen and oxygen atoms in total. The molecule has 110 valence electrons. The predicted octanol–water partition coefficient (Wildman–Crippen LogP) is 1.02. The Labute approximate surface area is 122 Å². The van der Waals surface area contributed by atoms with Gasteiger partial charge in [-0.15, -0.1) is 0 Å². The van der Waals surface area contributed by atoms with E-state index in [4.69, 9.17) is 0 Å². The minimum Gasteiger partial charge on any atom is -0.391 e. The number of carbonyl (C=O) groups is 1. The van der Waals surface area contributed by atoms with Crippen molar-refractivity contribution < 1.29 is 9.90 Å². The van der Waals surface area contributed by atoms with Crippen LogP contribution in [0.3, 0.4) is 0 Å². The highest BCUT2D eigenvalue weighted by molar-refractivity contribution is 5.95. The molecule has 0 aliphatic rings. The van der Waals surface area contributed by atoms with Gasteiger partial charge in [-0.25, -0.2) is 0 Å². The molecule has 0 aliphatic carbocycles. The molecule has 0 spiro atoms. The maximum absolute atomic E-state index is 12.0. The van der Waals surface area contributed by atoms with Crippen molar-refractivity contribution in [3.05, 3.63) is 69.6 Å². The van der Waals surface area contributed by atoms with Gasteiger partial charge in [-0.1, -0.05) is 30.3 Å². The second-order valence-corrected chi connectivity index (χ2v) is 4.92. The van der Waals surface area contributed by atoms with Crippen LogP contribution in [0, 0.1) is 6.92 Å². The second kappa shape index (κ2) is 6.85. The third-order valence-electron chi connectivity index (χ3n) is 3.21. The molecule has 5 heteroatoms. The standard InChI is InChI=1S/C16H18N2O3/c1-11-7-8-17-15(20)14(11)16(21)18-10-13(19)9-12-5-3-2-4-6-12/h2-8,13,19H,9-10H2,1H3,(H,17,20)(H,18,21). The number of pyridine rings is 1. The van der Waals surface area contributed by atoms with E-state index in [0.29, 0.717) is 12.0 Å². The highest BCUT2D eigenvalue weighted by Gasteiger charge is 2.14. The number of H-pyrrole nitrogens is 1. The van der Waals surface area contributed by atoms with Gasteiger partial charge in [0.05, 0.1) is 6.10 Å². The molecule has 0 bridgehead atoms. The van der Waals surface area contributed by atoms with Gasteiger partial charge >= 0.3 is 0 Å². The lowest BCUT2D eigenvalue weighted by molar-refractivity contribution is 0.0914. The molecule has 1 heterocycles. The Hall–Kier alpha value is -2.40. The summed E-state index contributed by atoms with van der Waals surface area (Å²) in [6.07, 6.45) is 1.25. The third kappa shape index (κ3) is 4.03. The fraction of sp³-hybridized carbons (Fsp3) is 0.250. The number of rotatable bonds is 5. The summed E-state index contributed by atoms with van der Waals surface area (Å²) in [6, 6.07) is 11.2. The monoisotopic (exact) mass is 286 g/mol. The van der Waals surface area contributed by atoms with Crippen LogP contribution in [-0.2, 0) is 6.42 Å². The fourth-order valence-corrected chi connectivity index (χ4v) is 2.12. The molecular weight excluding hydrogens is 268 g/mol. The highest BCUT2D eigenvalue weighted by atomic mass is 16.3. The lowest BCUT2D eigenvalue weighted by Crippen LogP contribution is -2.36. The van der Waals surface area contributed by atoms with E-state index in [0.717, 1.165) is 5.56 Å². The molecule has 21 heavy (non-hydrogen) atoms. The summed E-state index contributed by atoms with van der Waals surface area (Å²) in [5, 5.41) is 12.5. The van der Waals surface area contributed by atoms with E-state index >= 15 is 0 Å². The summed E-state index contributed by atoms with van der Waals surface area (Å²) in [5.41, 5.74) is 1.26. The summed E-state index contributed by atoms with van der Waals surface area (Å²) in [6.45, 7) is 1.80. The van der Waals surface area contributed by atoms with Crippen LogP contribution in [0.25, 0.3) is 0 Å². The summed E-state index contributed by atoms with van der Waals surface area (Å²) in [4.78, 5) is 26.1. The van der Waals surface area contributed by atoms with Crippen LogP contribution >= 0.6 is 0 Å². The molecule has 1 amide bonds. The molecule has 1 aromatic heterocycles. The molecule has 0 saturated carbocycles. The van der Waals surface area contributed by atoms with Crippen LogP contribution in [-0.4, -0.2) is 28.6 Å². The first-order valence-electron chi connectivity index (χ1n) is 6.76. The number of amides is 1. The molecule has 2 rings (SSSR count). The maximum atomic E-state index is 12.0. The summed E-state index contributed by atoms with van der Waals surface area (Å²) >= 11 is 0. The lowest BCUT2D eigenvalue weighted by Gasteiger charge is -2.12. The van der Waals surface area contributed by atoms with Crippen LogP contribution in [0.1, 0.15) is 21.5 Å². The quantitative estimate of drug-likeness (QED) is 0.767. The maximum Gasteiger partial charge on any atom is 0.261 e. The van der Waals surface area contributed by atoms with Gasteiger partial charge in [-0.3, -0.25) is 9.59 Å². The topological polar surface area (TPSA) is 82.2 Å². The zero-order chi connectivity index (χ0) is 15.2. The van der Waals surface area contributed by atoms with Gasteiger partial charge in [0, 0.05) is 19.2 Å². The Kier molecular flexibility index (Phi) is 4.90. The van der Waals surface area contributed by atoms with E-state index < -0.39 is 17.6 Å². The van der Waals surface area contributed by atoms with Gasteiger partial charge < -0.3 is 15.4 Å². The number of aromatic nitrogens is 1. The number of aliphatic hydroxyl groups is 1. The molecule has 1 aromatic carbocycles. The summed E-state index contributed by atoms with van der Waals surface area (Å²) < 4.78 is 0. The fourth-order valence-electron chi connectivity index (χ4n) is 2.12. The van der Waals surface area contributed by atoms with Crippen LogP contribution in [0.5, 0.6) is 0 Å². The lowest BCUT2D eigenvalue weighted by atomic mass is 10.1. The number of aromatic amines is 1. The van der Waals surface area contributed by atoms with E-state index in [9.17, 15) is 14.7 Å². The number of aliphatic hydroxyl groups excluding tert-OH is 1. The van der Waals surface area contributed by atoms with E-state index in [1.165, 1.54) is 6.20 Å². The van der Waals surface area contributed by atoms with Gasteiger partial charge in [0.2, 0.25) is 0 Å². The summed E-state index contributed by atoms with van der Waals surface area (Å²) in [5.74, 6) is -0.471. The zero-order valence-electron chi connectivity index (χ0n) is 11.8. The van der Waals surface area contributed by atoms with Crippen molar-refractivity contribution >= 4 is 5.91 Å². The molecule has 0 aliphatic heterocycles. The van der Waals surface area contributed by atoms with Crippen molar-refractivity contribution in [3.8, 4) is 0 Å². The van der Waals surface area contributed by atoms with Crippen molar-refractivity contribution in [2.24, 2.45) is 0 Å². The zero-order valence-corrected chi connectivity index (χ0v) is 11.8. The first-order valence-corrected chi connectivity index (χ1v) is 6.76. The predicted molar refractivity (Wildman–Crippen MR) is 80.3 cm³/mol. The van der Waals surface area contributed by atoms with E-state index in [1.807, 2.05) is 30.3 Å². The van der Waals surface area contributed by atoms with Crippen molar-refractivity contribution in [2.45, 2.75) is 19.4 Å². The van der Waals surface area contributed by atoms with Crippen LogP contribution in [0.2, 0.25) is 0 Å². The molecule has 3 N–H and O–H groups in total. The van der Waals surface area contributed by atoms with Gasteiger partial charge in [-0.2, -0.15) is 0 Å². The third-order valence-corrected chi connectivity index (χ3v) is 3.21. The van der Waals surface area contributed by atoms with Gasteiger partial charge in [0.15, 0.2) is 0 Å². The molecule has 1 unspecified atom stereocenters. The molecule has 0 radical (unpaired) electrons. The Morgan fingerprint density at radius 2 is 2.00 bits per heavy atom. The first-order chi connectivity index (χ1) is 10.1. The number of nitrogens with one attached hydrogen (secondary N) is 2. The largest absolute Gasteiger partial charge is 0.391 e. The van der Waals surface area contributed by atoms with Crippen molar-refractivity contribution in [2.75, 3.05) is 6.54 Å². The number of benzene rings is 1. The van der Waals surface area contributed by atoms with Crippen molar-refractivity contribution in [3.63, 3.8) is 0 Å². The van der Waals surface area contributed by atoms with E-state index in [-0.39, 0.29) is 12.1 Å². The molecule has 0 fully saturated rings. The van der Waals surface area contributed by atoms with E-state index in [1.54, 1.807) is 13.0 Å². The first kappa shape index (κ1) is 15.0. The summed E-state index contributed by atoms with van der Waals surface area (Å²) in [7, 11) is 0. The molecule has 2 aromatic rings. The minimum absolute atomic E-state index is 0.0874. The van der Waals surface area contributed by atoms with Crippen molar-refractivity contribution in [1.29, 1.82) is 0 Å².